The molecule has 1 spiro atoms. The lowest BCUT2D eigenvalue weighted by Crippen LogP contribution is -2.31. The Morgan fingerprint density at radius 1 is 0.744 bits per heavy atom. The van der Waals surface area contributed by atoms with E-state index in [2.05, 4.69) is 117 Å². The van der Waals surface area contributed by atoms with Crippen LogP contribution in [0, 0.1) is 6.92 Å². The fourth-order valence-electron chi connectivity index (χ4n) is 5.90. The van der Waals surface area contributed by atoms with Gasteiger partial charge in [-0.05, 0) is 76.6 Å². The maximum Gasteiger partial charge on any atom is 0.131 e. The molecule has 0 saturated carbocycles. The first kappa shape index (κ1) is 24.7. The number of aryl methyl sites for hydroxylation is 1. The number of hydrogen-bond donors (Lipinski definition) is 0. The SMILES string of the molecule is C=C1/C=C\C=C/CC2(C(=C)/C=C\C=C(\c3ccc(C)cc3)Cc3cc4ccccc4cc32)c2ccccc2O1. The summed E-state index contributed by atoms with van der Waals surface area (Å²) in [6.45, 7) is 11.0. The molecule has 1 atom stereocenters. The molecule has 0 saturated heterocycles. The van der Waals surface area contributed by atoms with Crippen molar-refractivity contribution < 1.29 is 4.74 Å². The Hall–Kier alpha value is -4.62. The number of ether oxygens (including phenoxy) is 1. The summed E-state index contributed by atoms with van der Waals surface area (Å²) in [6.07, 6.45) is 16.4. The normalized spacial score (nSPS) is 22.7. The van der Waals surface area contributed by atoms with Gasteiger partial charge in [0.25, 0.3) is 0 Å². The van der Waals surface area contributed by atoms with Gasteiger partial charge in [-0.15, -0.1) is 0 Å². The molecular formula is C38H32O. The highest BCUT2D eigenvalue weighted by molar-refractivity contribution is 5.86. The van der Waals surface area contributed by atoms with Gasteiger partial charge in [-0.3, -0.25) is 0 Å². The maximum absolute atomic E-state index is 6.36. The van der Waals surface area contributed by atoms with Crippen LogP contribution in [0.3, 0.4) is 0 Å². The van der Waals surface area contributed by atoms with E-state index in [0.717, 1.165) is 29.7 Å². The summed E-state index contributed by atoms with van der Waals surface area (Å²) < 4.78 is 6.36. The Labute approximate surface area is 231 Å². The highest BCUT2D eigenvalue weighted by Crippen LogP contribution is 2.50. The second kappa shape index (κ2) is 10.3. The number of hydrogen-bond acceptors (Lipinski definition) is 1. The predicted octanol–water partition coefficient (Wildman–Crippen LogP) is 9.60. The summed E-state index contributed by atoms with van der Waals surface area (Å²) in [4.78, 5) is 0. The van der Waals surface area contributed by atoms with E-state index in [1.54, 1.807) is 0 Å². The van der Waals surface area contributed by atoms with Gasteiger partial charge in [-0.2, -0.15) is 0 Å². The summed E-state index contributed by atoms with van der Waals surface area (Å²) in [5.74, 6) is 1.41. The molecule has 1 aliphatic carbocycles. The molecule has 0 fully saturated rings. The van der Waals surface area contributed by atoms with E-state index in [4.69, 9.17) is 11.3 Å². The quantitative estimate of drug-likeness (QED) is 0.251. The second-order valence-electron chi connectivity index (χ2n) is 10.4. The summed E-state index contributed by atoms with van der Waals surface area (Å²) in [7, 11) is 0. The highest BCUT2D eigenvalue weighted by atomic mass is 16.5. The van der Waals surface area contributed by atoms with Crippen molar-refractivity contribution in [2.24, 2.45) is 0 Å². The van der Waals surface area contributed by atoms with Crippen molar-refractivity contribution in [1.82, 2.24) is 0 Å². The van der Waals surface area contributed by atoms with Gasteiger partial charge in [0, 0.05) is 5.56 Å². The lowest BCUT2D eigenvalue weighted by Gasteiger charge is -2.38. The average Bonchev–Trinajstić information content (AvgIpc) is 3.00. The Bertz CT molecular complexity index is 1710. The zero-order valence-corrected chi connectivity index (χ0v) is 22.4. The van der Waals surface area contributed by atoms with Crippen LogP contribution in [0.5, 0.6) is 5.75 Å². The third-order valence-electron chi connectivity index (χ3n) is 7.92. The number of para-hydroxylation sites is 1. The predicted molar refractivity (Wildman–Crippen MR) is 165 cm³/mol. The fraction of sp³-hybridized carbons (Fsp3) is 0.105. The number of allylic oxidation sites excluding steroid dienone is 9. The van der Waals surface area contributed by atoms with Gasteiger partial charge in [0.05, 0.1) is 5.41 Å². The third-order valence-corrected chi connectivity index (χ3v) is 7.92. The van der Waals surface area contributed by atoms with Crippen LogP contribution < -0.4 is 4.74 Å². The first-order valence-electron chi connectivity index (χ1n) is 13.5. The van der Waals surface area contributed by atoms with E-state index in [1.165, 1.54) is 38.6 Å². The molecule has 1 aliphatic heterocycles. The molecule has 6 rings (SSSR count). The topological polar surface area (TPSA) is 9.23 Å². The first-order valence-corrected chi connectivity index (χ1v) is 13.5. The highest BCUT2D eigenvalue weighted by Gasteiger charge is 2.40. The van der Waals surface area contributed by atoms with Crippen LogP contribution >= 0.6 is 0 Å². The van der Waals surface area contributed by atoms with Gasteiger partial charge in [0.15, 0.2) is 0 Å². The van der Waals surface area contributed by atoms with Gasteiger partial charge in [-0.1, -0.05) is 128 Å². The summed E-state index contributed by atoms with van der Waals surface area (Å²) in [5, 5.41) is 2.46. The van der Waals surface area contributed by atoms with E-state index in [-0.39, 0.29) is 0 Å². The first-order chi connectivity index (χ1) is 19.0. The smallest absolute Gasteiger partial charge is 0.131 e. The van der Waals surface area contributed by atoms with Crippen LogP contribution in [0.25, 0.3) is 16.3 Å². The van der Waals surface area contributed by atoms with Crippen molar-refractivity contribution in [3.05, 3.63) is 180 Å². The molecule has 2 aliphatic rings. The van der Waals surface area contributed by atoms with Gasteiger partial charge in [-0.25, -0.2) is 0 Å². The lowest BCUT2D eigenvalue weighted by molar-refractivity contribution is 0.429. The zero-order chi connectivity index (χ0) is 26.8. The third kappa shape index (κ3) is 4.62. The minimum absolute atomic E-state index is 0.537. The minimum atomic E-state index is -0.537. The molecule has 0 radical (unpaired) electrons. The van der Waals surface area contributed by atoms with Crippen molar-refractivity contribution in [3.8, 4) is 5.75 Å². The molecule has 190 valence electrons. The van der Waals surface area contributed by atoms with Crippen molar-refractivity contribution in [1.29, 1.82) is 0 Å². The van der Waals surface area contributed by atoms with Crippen molar-refractivity contribution >= 4 is 16.3 Å². The molecule has 1 unspecified atom stereocenters. The van der Waals surface area contributed by atoms with Crippen molar-refractivity contribution in [2.45, 2.75) is 25.2 Å². The summed E-state index contributed by atoms with van der Waals surface area (Å²) in [6, 6.07) is 30.6. The maximum atomic E-state index is 6.36. The Kier molecular flexibility index (Phi) is 6.50. The largest absolute Gasteiger partial charge is 0.458 e. The molecule has 1 heteroatoms. The van der Waals surface area contributed by atoms with Crippen molar-refractivity contribution in [2.75, 3.05) is 0 Å². The monoisotopic (exact) mass is 504 g/mol. The standard InChI is InChI=1S/C38H32O/c1-27-19-21-30(22-20-27)31-16-11-12-28(2)38(36-26-33-15-7-6-14-32(33)25-34(36)24-31)23-10-4-5-13-29(3)39-37-18-9-8-17-35(37)38/h4-22,25-26H,2-3,23-24H2,1H3/b10-4-,12-11-,13-5-,31-16+. The van der Waals surface area contributed by atoms with E-state index in [9.17, 15) is 0 Å². The molecule has 0 aromatic heterocycles. The number of benzene rings is 4. The van der Waals surface area contributed by atoms with E-state index >= 15 is 0 Å². The second-order valence-corrected chi connectivity index (χ2v) is 10.4. The van der Waals surface area contributed by atoms with Crippen LogP contribution in [0.15, 0.2) is 152 Å². The van der Waals surface area contributed by atoms with Gasteiger partial charge in [0.1, 0.15) is 11.5 Å². The molecule has 4 aromatic rings. The average molecular weight is 505 g/mol. The van der Waals surface area contributed by atoms with Crippen molar-refractivity contribution in [3.63, 3.8) is 0 Å². The zero-order valence-electron chi connectivity index (χ0n) is 22.4. The van der Waals surface area contributed by atoms with E-state index < -0.39 is 5.41 Å². The molecule has 1 nitrogen and oxygen atoms in total. The molecule has 0 bridgehead atoms. The Morgan fingerprint density at radius 3 is 2.31 bits per heavy atom. The Balaban J connectivity index is 1.67. The fourth-order valence-corrected chi connectivity index (χ4v) is 5.90. The number of fused-ring (bicyclic) bond motifs is 5. The number of rotatable bonds is 1. The lowest BCUT2D eigenvalue weighted by atomic mass is 9.65. The molecule has 0 N–H and O–H groups in total. The Morgan fingerprint density at radius 2 is 1.49 bits per heavy atom. The molecule has 0 amide bonds. The van der Waals surface area contributed by atoms with Crippen LogP contribution in [-0.2, 0) is 11.8 Å². The van der Waals surface area contributed by atoms with Crippen LogP contribution in [0.1, 0.15) is 34.2 Å². The van der Waals surface area contributed by atoms with Gasteiger partial charge < -0.3 is 4.74 Å². The minimum Gasteiger partial charge on any atom is -0.458 e. The van der Waals surface area contributed by atoms with Crippen LogP contribution in [0.2, 0.25) is 0 Å². The molecule has 39 heavy (non-hydrogen) atoms. The van der Waals surface area contributed by atoms with Crippen LogP contribution in [-0.4, -0.2) is 0 Å². The van der Waals surface area contributed by atoms with E-state index in [0.29, 0.717) is 5.76 Å². The summed E-state index contributed by atoms with van der Waals surface area (Å²) >= 11 is 0. The van der Waals surface area contributed by atoms with Gasteiger partial charge >= 0.3 is 0 Å². The van der Waals surface area contributed by atoms with E-state index in [1.807, 2.05) is 24.3 Å². The van der Waals surface area contributed by atoms with Gasteiger partial charge in [0.2, 0.25) is 0 Å². The molecule has 4 aromatic carbocycles. The summed E-state index contributed by atoms with van der Waals surface area (Å²) in [5.41, 5.74) is 7.91. The molecular weight excluding hydrogens is 472 g/mol. The van der Waals surface area contributed by atoms with Crippen LogP contribution in [0.4, 0.5) is 0 Å². The molecule has 1 heterocycles.